The van der Waals surface area contributed by atoms with Crippen molar-refractivity contribution in [2.24, 2.45) is 0 Å². The molecule has 1 amide bonds. The molecule has 0 aliphatic heterocycles. The number of hydrogen-bond acceptors (Lipinski definition) is 5. The lowest BCUT2D eigenvalue weighted by Gasteiger charge is -2.13. The number of carbonyl (C=O) groups is 2. The van der Waals surface area contributed by atoms with Gasteiger partial charge in [0.25, 0.3) is 5.91 Å². The van der Waals surface area contributed by atoms with E-state index in [1.807, 2.05) is 48.5 Å². The summed E-state index contributed by atoms with van der Waals surface area (Å²) in [5.41, 5.74) is 1.09. The average Bonchev–Trinajstić information content (AvgIpc) is 2.68. The number of carbonyl (C=O) groups excluding carboxylic acids is 2. The minimum Gasteiger partial charge on any atom is -0.497 e. The molecule has 1 N–H and O–H groups in total. The van der Waals surface area contributed by atoms with Crippen molar-refractivity contribution in [3.8, 4) is 5.75 Å². The number of rotatable bonds is 9. The fraction of sp³-hybridized carbons (Fsp3) is 0.300. The number of esters is 1. The lowest BCUT2D eigenvalue weighted by Crippen LogP contribution is -2.37. The molecule has 27 heavy (non-hydrogen) atoms. The van der Waals surface area contributed by atoms with E-state index in [-0.39, 0.29) is 11.7 Å². The van der Waals surface area contributed by atoms with Crippen molar-refractivity contribution in [1.82, 2.24) is 5.32 Å². The van der Waals surface area contributed by atoms with Crippen LogP contribution in [0.15, 0.2) is 57.9 Å². The molecule has 0 spiro atoms. The number of hydrogen-bond donors (Lipinski definition) is 1. The molecule has 0 heterocycles. The summed E-state index contributed by atoms with van der Waals surface area (Å²) in [6.45, 7) is 2.05. The van der Waals surface area contributed by atoms with Gasteiger partial charge >= 0.3 is 5.97 Å². The number of thioether (sulfide) groups is 1. The van der Waals surface area contributed by atoms with Crippen LogP contribution in [-0.2, 0) is 20.7 Å². The summed E-state index contributed by atoms with van der Waals surface area (Å²) in [5, 5.41) is 2.79. The van der Waals surface area contributed by atoms with Gasteiger partial charge in [0.1, 0.15) is 5.75 Å². The summed E-state index contributed by atoms with van der Waals surface area (Å²) in [6.07, 6.45) is -0.130. The molecule has 0 radical (unpaired) electrons. The molecule has 0 aliphatic carbocycles. The SMILES string of the molecule is COc1ccc(CCNC(=O)C(C)OC(=O)CSc2ccc(Br)cc2)cc1. The molecule has 0 fully saturated rings. The summed E-state index contributed by atoms with van der Waals surface area (Å²) in [7, 11) is 1.62. The van der Waals surface area contributed by atoms with Crippen LogP contribution in [-0.4, -0.2) is 37.4 Å². The molecule has 0 bridgehead atoms. The first-order valence-electron chi connectivity index (χ1n) is 8.46. The largest absolute Gasteiger partial charge is 0.497 e. The van der Waals surface area contributed by atoms with Gasteiger partial charge in [0.2, 0.25) is 0 Å². The predicted molar refractivity (Wildman–Crippen MR) is 110 cm³/mol. The van der Waals surface area contributed by atoms with E-state index in [4.69, 9.17) is 9.47 Å². The number of methoxy groups -OCH3 is 1. The Labute approximate surface area is 171 Å². The predicted octanol–water partition coefficient (Wildman–Crippen LogP) is 3.84. The van der Waals surface area contributed by atoms with Crippen molar-refractivity contribution >= 4 is 39.6 Å². The maximum absolute atomic E-state index is 12.1. The second-order valence-corrected chi connectivity index (χ2v) is 7.73. The highest BCUT2D eigenvalue weighted by molar-refractivity contribution is 9.10. The third kappa shape index (κ3) is 7.64. The van der Waals surface area contributed by atoms with Crippen LogP contribution >= 0.6 is 27.7 Å². The molecular formula is C20H22BrNO4S. The maximum atomic E-state index is 12.1. The highest BCUT2D eigenvalue weighted by Crippen LogP contribution is 2.20. The summed E-state index contributed by atoms with van der Waals surface area (Å²) in [4.78, 5) is 24.9. The molecule has 2 rings (SSSR count). The van der Waals surface area contributed by atoms with E-state index in [9.17, 15) is 9.59 Å². The Balaban J connectivity index is 1.67. The van der Waals surface area contributed by atoms with E-state index in [1.165, 1.54) is 11.8 Å². The van der Waals surface area contributed by atoms with Crippen LogP contribution < -0.4 is 10.1 Å². The van der Waals surface area contributed by atoms with E-state index in [0.29, 0.717) is 13.0 Å². The van der Waals surface area contributed by atoms with Crippen molar-refractivity contribution in [1.29, 1.82) is 0 Å². The Hall–Kier alpha value is -1.99. The number of ether oxygens (including phenoxy) is 2. The normalized spacial score (nSPS) is 11.5. The van der Waals surface area contributed by atoms with Gasteiger partial charge in [-0.25, -0.2) is 0 Å². The third-order valence-corrected chi connectivity index (χ3v) is 5.23. The van der Waals surface area contributed by atoms with Crippen molar-refractivity contribution in [2.45, 2.75) is 24.3 Å². The van der Waals surface area contributed by atoms with Gasteiger partial charge in [-0.1, -0.05) is 28.1 Å². The monoisotopic (exact) mass is 451 g/mol. The Kier molecular flexibility index (Phi) is 8.67. The molecular weight excluding hydrogens is 430 g/mol. The Morgan fingerprint density at radius 1 is 1.11 bits per heavy atom. The first-order chi connectivity index (χ1) is 13.0. The van der Waals surface area contributed by atoms with Gasteiger partial charge in [0.05, 0.1) is 12.9 Å². The number of amides is 1. The zero-order valence-electron chi connectivity index (χ0n) is 15.2. The van der Waals surface area contributed by atoms with E-state index in [0.717, 1.165) is 20.7 Å². The Morgan fingerprint density at radius 3 is 2.41 bits per heavy atom. The molecule has 0 saturated carbocycles. The number of halogens is 1. The highest BCUT2D eigenvalue weighted by Gasteiger charge is 2.17. The second kappa shape index (κ2) is 11.0. The zero-order valence-corrected chi connectivity index (χ0v) is 17.6. The standard InChI is InChI=1S/C20H22BrNO4S/c1-14(26-19(23)13-27-18-9-5-16(21)6-10-18)20(24)22-12-11-15-3-7-17(25-2)8-4-15/h3-10,14H,11-13H2,1-2H3,(H,22,24). The molecule has 0 aliphatic rings. The first kappa shape index (κ1) is 21.3. The fourth-order valence-corrected chi connectivity index (χ4v) is 3.17. The smallest absolute Gasteiger partial charge is 0.317 e. The van der Waals surface area contributed by atoms with Gasteiger partial charge in [-0.15, -0.1) is 11.8 Å². The summed E-state index contributed by atoms with van der Waals surface area (Å²) >= 11 is 4.74. The fourth-order valence-electron chi connectivity index (χ4n) is 2.22. The van der Waals surface area contributed by atoms with Gasteiger partial charge < -0.3 is 14.8 Å². The van der Waals surface area contributed by atoms with Crippen LogP contribution in [0.4, 0.5) is 0 Å². The third-order valence-electron chi connectivity index (χ3n) is 3.72. The van der Waals surface area contributed by atoms with Crippen LogP contribution in [0.25, 0.3) is 0 Å². The van der Waals surface area contributed by atoms with Crippen molar-refractivity contribution in [3.05, 3.63) is 58.6 Å². The molecule has 5 nitrogen and oxygen atoms in total. The molecule has 7 heteroatoms. The molecule has 1 atom stereocenters. The van der Waals surface area contributed by atoms with Gasteiger partial charge in [-0.05, 0) is 55.3 Å². The topological polar surface area (TPSA) is 64.6 Å². The van der Waals surface area contributed by atoms with Gasteiger partial charge in [0.15, 0.2) is 6.10 Å². The first-order valence-corrected chi connectivity index (χ1v) is 10.2. The van der Waals surface area contributed by atoms with Crippen LogP contribution in [0.2, 0.25) is 0 Å². The van der Waals surface area contributed by atoms with Gasteiger partial charge in [0, 0.05) is 15.9 Å². The molecule has 0 saturated heterocycles. The molecule has 144 valence electrons. The summed E-state index contributed by atoms with van der Waals surface area (Å²) in [5.74, 6) is 0.237. The van der Waals surface area contributed by atoms with Crippen LogP contribution in [0.5, 0.6) is 5.75 Å². The van der Waals surface area contributed by atoms with Gasteiger partial charge in [-0.2, -0.15) is 0 Å². The average molecular weight is 452 g/mol. The van der Waals surface area contributed by atoms with Crippen molar-refractivity contribution in [2.75, 3.05) is 19.4 Å². The summed E-state index contributed by atoms with van der Waals surface area (Å²) in [6, 6.07) is 15.3. The molecule has 2 aromatic rings. The lowest BCUT2D eigenvalue weighted by atomic mass is 10.1. The van der Waals surface area contributed by atoms with Crippen molar-refractivity contribution in [3.63, 3.8) is 0 Å². The van der Waals surface area contributed by atoms with E-state index >= 15 is 0 Å². The second-order valence-electron chi connectivity index (χ2n) is 5.76. The maximum Gasteiger partial charge on any atom is 0.317 e. The van der Waals surface area contributed by atoms with Crippen LogP contribution in [0.1, 0.15) is 12.5 Å². The van der Waals surface area contributed by atoms with Crippen LogP contribution in [0.3, 0.4) is 0 Å². The Morgan fingerprint density at radius 2 is 1.78 bits per heavy atom. The Bertz CT molecular complexity index is 750. The summed E-state index contributed by atoms with van der Waals surface area (Å²) < 4.78 is 11.3. The minimum absolute atomic E-state index is 0.158. The molecule has 2 aromatic carbocycles. The minimum atomic E-state index is -0.820. The zero-order chi connectivity index (χ0) is 19.6. The van der Waals surface area contributed by atoms with E-state index < -0.39 is 12.1 Å². The van der Waals surface area contributed by atoms with E-state index in [2.05, 4.69) is 21.2 Å². The van der Waals surface area contributed by atoms with Crippen LogP contribution in [0, 0.1) is 0 Å². The molecule has 1 unspecified atom stereocenters. The van der Waals surface area contributed by atoms with E-state index in [1.54, 1.807) is 14.0 Å². The molecule has 0 aromatic heterocycles. The lowest BCUT2D eigenvalue weighted by molar-refractivity contribution is -0.152. The van der Waals surface area contributed by atoms with Gasteiger partial charge in [-0.3, -0.25) is 9.59 Å². The van der Waals surface area contributed by atoms with Crippen molar-refractivity contribution < 1.29 is 19.1 Å². The highest BCUT2D eigenvalue weighted by atomic mass is 79.9. The number of nitrogens with one attached hydrogen (secondary N) is 1. The quantitative estimate of drug-likeness (QED) is 0.463. The number of benzene rings is 2.